The molecule has 130 valence electrons. The molecular formula is C17H25N5O2. The number of oxazole rings is 1. The van der Waals surface area contributed by atoms with Gasteiger partial charge in [0.2, 0.25) is 5.89 Å². The van der Waals surface area contributed by atoms with E-state index in [0.29, 0.717) is 17.3 Å². The number of carbonyl (C=O) groups is 1. The zero-order valence-electron chi connectivity index (χ0n) is 14.6. The maximum Gasteiger partial charge on any atom is 0.276 e. The van der Waals surface area contributed by atoms with Crippen molar-refractivity contribution in [3.63, 3.8) is 0 Å². The van der Waals surface area contributed by atoms with Gasteiger partial charge in [0.05, 0.1) is 11.8 Å². The van der Waals surface area contributed by atoms with Crippen molar-refractivity contribution in [2.75, 3.05) is 19.6 Å². The van der Waals surface area contributed by atoms with E-state index in [9.17, 15) is 4.79 Å². The van der Waals surface area contributed by atoms with Crippen molar-refractivity contribution in [3.05, 3.63) is 23.8 Å². The molecule has 0 unspecified atom stereocenters. The predicted molar refractivity (Wildman–Crippen MR) is 90.7 cm³/mol. The molecule has 2 aromatic heterocycles. The van der Waals surface area contributed by atoms with E-state index < -0.39 is 0 Å². The van der Waals surface area contributed by atoms with Gasteiger partial charge in [-0.15, -0.1) is 0 Å². The fourth-order valence-electron chi connectivity index (χ4n) is 3.20. The Balaban J connectivity index is 1.85. The number of hydrogen-bond donors (Lipinski definition) is 1. The normalized spacial score (nSPS) is 15.6. The molecule has 1 amide bonds. The van der Waals surface area contributed by atoms with E-state index in [1.807, 2.05) is 18.1 Å². The van der Waals surface area contributed by atoms with Gasteiger partial charge in [-0.25, -0.2) is 4.98 Å². The predicted octanol–water partition coefficient (Wildman–Crippen LogP) is 1.99. The Morgan fingerprint density at radius 3 is 2.83 bits per heavy atom. The Hall–Kier alpha value is -2.15. The van der Waals surface area contributed by atoms with E-state index >= 15 is 0 Å². The van der Waals surface area contributed by atoms with E-state index in [2.05, 4.69) is 22.3 Å². The summed E-state index contributed by atoms with van der Waals surface area (Å²) >= 11 is 0. The molecular weight excluding hydrogens is 306 g/mol. The fourth-order valence-corrected chi connectivity index (χ4v) is 3.20. The van der Waals surface area contributed by atoms with E-state index in [-0.39, 0.29) is 11.9 Å². The maximum atomic E-state index is 13.1. The minimum atomic E-state index is -0.0276. The second-order valence-electron chi connectivity index (χ2n) is 6.31. The van der Waals surface area contributed by atoms with Crippen LogP contribution in [0.4, 0.5) is 0 Å². The van der Waals surface area contributed by atoms with Crippen LogP contribution in [0.2, 0.25) is 0 Å². The summed E-state index contributed by atoms with van der Waals surface area (Å²) in [5.74, 6) is 0.986. The summed E-state index contributed by atoms with van der Waals surface area (Å²) in [7, 11) is 1.84. The molecule has 1 aliphatic rings. The molecule has 2 aromatic rings. The summed E-state index contributed by atoms with van der Waals surface area (Å²) < 4.78 is 7.42. The lowest BCUT2D eigenvalue weighted by atomic mass is 10.0. The molecule has 1 fully saturated rings. The van der Waals surface area contributed by atoms with Crippen molar-refractivity contribution in [1.82, 2.24) is 25.0 Å². The summed E-state index contributed by atoms with van der Waals surface area (Å²) in [4.78, 5) is 19.5. The van der Waals surface area contributed by atoms with Gasteiger partial charge in [0, 0.05) is 25.8 Å². The van der Waals surface area contributed by atoms with Crippen LogP contribution in [0.5, 0.6) is 0 Å². The van der Waals surface area contributed by atoms with Crippen LogP contribution in [0, 0.1) is 6.92 Å². The average Bonchev–Trinajstić information content (AvgIpc) is 3.18. The summed E-state index contributed by atoms with van der Waals surface area (Å²) in [5, 5.41) is 7.48. The summed E-state index contributed by atoms with van der Waals surface area (Å²) in [5.41, 5.74) is 1.20. The summed E-state index contributed by atoms with van der Waals surface area (Å²) in [6, 6.07) is 0.275. The van der Waals surface area contributed by atoms with Crippen LogP contribution in [-0.2, 0) is 7.05 Å². The Labute approximate surface area is 142 Å². The molecule has 7 heteroatoms. The van der Waals surface area contributed by atoms with Gasteiger partial charge in [0.1, 0.15) is 5.76 Å². The molecule has 0 saturated carbocycles. The molecule has 3 rings (SSSR count). The third kappa shape index (κ3) is 3.36. The van der Waals surface area contributed by atoms with E-state index in [4.69, 9.17) is 4.42 Å². The van der Waals surface area contributed by atoms with Crippen molar-refractivity contribution >= 4 is 5.91 Å². The minimum Gasteiger partial charge on any atom is -0.440 e. The fraction of sp³-hybridized carbons (Fsp3) is 0.588. The molecule has 0 spiro atoms. The van der Waals surface area contributed by atoms with Gasteiger partial charge >= 0.3 is 0 Å². The van der Waals surface area contributed by atoms with Crippen LogP contribution < -0.4 is 5.32 Å². The van der Waals surface area contributed by atoms with Gasteiger partial charge in [-0.1, -0.05) is 6.92 Å². The first-order valence-electron chi connectivity index (χ1n) is 8.58. The third-order valence-electron chi connectivity index (χ3n) is 4.43. The third-order valence-corrected chi connectivity index (χ3v) is 4.43. The zero-order valence-corrected chi connectivity index (χ0v) is 14.6. The van der Waals surface area contributed by atoms with E-state index in [1.54, 1.807) is 17.8 Å². The van der Waals surface area contributed by atoms with Crippen molar-refractivity contribution in [3.8, 4) is 11.5 Å². The van der Waals surface area contributed by atoms with Crippen LogP contribution in [-0.4, -0.2) is 51.2 Å². The van der Waals surface area contributed by atoms with Crippen LogP contribution in [0.3, 0.4) is 0 Å². The minimum absolute atomic E-state index is 0.0276. The lowest BCUT2D eigenvalue weighted by molar-refractivity contribution is 0.0635. The molecule has 0 radical (unpaired) electrons. The first-order chi connectivity index (χ1) is 11.6. The molecule has 1 aliphatic heterocycles. The van der Waals surface area contributed by atoms with Gasteiger partial charge in [-0.05, 0) is 39.3 Å². The largest absolute Gasteiger partial charge is 0.440 e. The highest BCUT2D eigenvalue weighted by Gasteiger charge is 2.29. The van der Waals surface area contributed by atoms with Gasteiger partial charge < -0.3 is 14.6 Å². The monoisotopic (exact) mass is 331 g/mol. The van der Waals surface area contributed by atoms with E-state index in [1.165, 1.54) is 0 Å². The number of aromatic nitrogens is 3. The highest BCUT2D eigenvalue weighted by Crippen LogP contribution is 2.23. The Morgan fingerprint density at radius 2 is 2.21 bits per heavy atom. The van der Waals surface area contributed by atoms with Gasteiger partial charge in [-0.3, -0.25) is 9.48 Å². The first kappa shape index (κ1) is 16.7. The Morgan fingerprint density at radius 1 is 1.46 bits per heavy atom. The molecule has 0 atom stereocenters. The highest BCUT2D eigenvalue weighted by molar-refractivity contribution is 5.94. The summed E-state index contributed by atoms with van der Waals surface area (Å²) in [6.45, 7) is 6.55. The second-order valence-corrected chi connectivity index (χ2v) is 6.31. The molecule has 24 heavy (non-hydrogen) atoms. The lowest BCUT2D eigenvalue weighted by Crippen LogP contribution is -2.46. The molecule has 1 saturated heterocycles. The topological polar surface area (TPSA) is 76.2 Å². The zero-order chi connectivity index (χ0) is 17.1. The van der Waals surface area contributed by atoms with E-state index in [0.717, 1.165) is 44.5 Å². The van der Waals surface area contributed by atoms with Crippen molar-refractivity contribution in [2.45, 2.75) is 39.2 Å². The number of rotatable bonds is 5. The first-order valence-corrected chi connectivity index (χ1v) is 8.58. The smallest absolute Gasteiger partial charge is 0.276 e. The SMILES string of the molecule is CCCN(C(=O)c1nc(-c2cnn(C)c2)oc1C)C1CCNCC1. The molecule has 0 aliphatic carbocycles. The molecule has 7 nitrogen and oxygen atoms in total. The average molecular weight is 331 g/mol. The highest BCUT2D eigenvalue weighted by atomic mass is 16.4. The number of piperidine rings is 1. The number of amides is 1. The van der Waals surface area contributed by atoms with Crippen molar-refractivity contribution in [1.29, 1.82) is 0 Å². The molecule has 1 N–H and O–H groups in total. The summed E-state index contributed by atoms with van der Waals surface area (Å²) in [6.07, 6.45) is 6.42. The van der Waals surface area contributed by atoms with Gasteiger partial charge in [0.15, 0.2) is 5.69 Å². The lowest BCUT2D eigenvalue weighted by Gasteiger charge is -2.34. The number of hydrogen-bond acceptors (Lipinski definition) is 5. The number of aryl methyl sites for hydroxylation is 2. The Kier molecular flexibility index (Phi) is 4.99. The van der Waals surface area contributed by atoms with Gasteiger partial charge in [0.25, 0.3) is 5.91 Å². The molecule has 0 bridgehead atoms. The van der Waals surface area contributed by atoms with Crippen LogP contribution >= 0.6 is 0 Å². The number of nitrogens with zero attached hydrogens (tertiary/aromatic N) is 4. The van der Waals surface area contributed by atoms with Crippen LogP contribution in [0.1, 0.15) is 42.4 Å². The van der Waals surface area contributed by atoms with Crippen molar-refractivity contribution < 1.29 is 9.21 Å². The standard InChI is InChI=1S/C17H25N5O2/c1-4-9-22(14-5-7-18-8-6-14)17(23)15-12(2)24-16(20-15)13-10-19-21(3)11-13/h10-11,14,18H,4-9H2,1-3H3. The maximum absolute atomic E-state index is 13.1. The quantitative estimate of drug-likeness (QED) is 0.907. The molecule has 3 heterocycles. The Bertz CT molecular complexity index is 700. The van der Waals surface area contributed by atoms with Crippen LogP contribution in [0.15, 0.2) is 16.8 Å². The number of nitrogens with one attached hydrogen (secondary N) is 1. The second kappa shape index (κ2) is 7.17. The number of carbonyl (C=O) groups excluding carboxylic acids is 1. The van der Waals surface area contributed by atoms with Gasteiger partial charge in [-0.2, -0.15) is 5.10 Å². The van der Waals surface area contributed by atoms with Crippen LogP contribution in [0.25, 0.3) is 11.5 Å². The van der Waals surface area contributed by atoms with Crippen molar-refractivity contribution in [2.24, 2.45) is 7.05 Å². The molecule has 0 aromatic carbocycles.